The van der Waals surface area contributed by atoms with Crippen LogP contribution in [0.4, 0.5) is 0 Å². The molecule has 0 aromatic rings. The van der Waals surface area contributed by atoms with Crippen LogP contribution in [0.3, 0.4) is 0 Å². The van der Waals surface area contributed by atoms with Crippen LogP contribution >= 0.6 is 11.8 Å². The van der Waals surface area contributed by atoms with Gasteiger partial charge in [-0.15, -0.1) is 0 Å². The molecule has 0 saturated carbocycles. The summed E-state index contributed by atoms with van der Waals surface area (Å²) in [5.74, 6) is 1.25. The van der Waals surface area contributed by atoms with Crippen LogP contribution in [0.1, 0.15) is 20.8 Å². The van der Waals surface area contributed by atoms with Crippen LogP contribution in [0, 0.1) is 5.41 Å². The lowest BCUT2D eigenvalue weighted by Crippen LogP contribution is -2.42. The van der Waals surface area contributed by atoms with Gasteiger partial charge in [0, 0.05) is 11.2 Å². The number of rotatable bonds is 3. The molecule has 1 fully saturated rings. The van der Waals surface area contributed by atoms with E-state index in [9.17, 15) is 0 Å². The van der Waals surface area contributed by atoms with E-state index < -0.39 is 0 Å². The van der Waals surface area contributed by atoms with E-state index in [-0.39, 0.29) is 0 Å². The van der Waals surface area contributed by atoms with Gasteiger partial charge >= 0.3 is 0 Å². The van der Waals surface area contributed by atoms with Gasteiger partial charge in [0.15, 0.2) is 0 Å². The van der Waals surface area contributed by atoms with Crippen LogP contribution in [0.15, 0.2) is 0 Å². The molecule has 1 saturated heterocycles. The molecule has 2 heteroatoms. The Morgan fingerprint density at radius 3 is 2.40 bits per heavy atom. The van der Waals surface area contributed by atoms with Crippen LogP contribution in [-0.4, -0.2) is 24.2 Å². The van der Waals surface area contributed by atoms with Gasteiger partial charge in [-0.05, 0) is 5.25 Å². The van der Waals surface area contributed by atoms with Crippen molar-refractivity contribution in [3.63, 3.8) is 0 Å². The molecular weight excluding hydrogens is 144 g/mol. The Morgan fingerprint density at radius 2 is 2.10 bits per heavy atom. The highest BCUT2D eigenvalue weighted by molar-refractivity contribution is 7.99. The fourth-order valence-electron chi connectivity index (χ4n) is 0.902. The Bertz CT molecular complexity index is 108. The maximum atomic E-state index is 5.16. The van der Waals surface area contributed by atoms with E-state index in [0.717, 1.165) is 18.5 Å². The van der Waals surface area contributed by atoms with Gasteiger partial charge in [0.25, 0.3) is 0 Å². The Labute approximate surface area is 67.5 Å². The third kappa shape index (κ3) is 2.17. The Morgan fingerprint density at radius 1 is 1.50 bits per heavy atom. The zero-order valence-electron chi connectivity index (χ0n) is 7.02. The van der Waals surface area contributed by atoms with Gasteiger partial charge in [-0.1, -0.05) is 20.8 Å². The molecular formula is C8H16OS. The summed E-state index contributed by atoms with van der Waals surface area (Å²) in [6.07, 6.45) is 0. The van der Waals surface area contributed by atoms with Crippen LogP contribution in [0.25, 0.3) is 0 Å². The fraction of sp³-hybridized carbons (Fsp3) is 1.00. The molecule has 0 radical (unpaired) electrons. The summed E-state index contributed by atoms with van der Waals surface area (Å²) in [6.45, 7) is 8.71. The minimum atomic E-state index is 0.495. The normalized spacial score (nSPS) is 22.8. The summed E-state index contributed by atoms with van der Waals surface area (Å²) in [5.41, 5.74) is 0.495. The first kappa shape index (κ1) is 8.41. The molecule has 0 aliphatic carbocycles. The van der Waals surface area contributed by atoms with Crippen molar-refractivity contribution >= 4 is 11.8 Å². The summed E-state index contributed by atoms with van der Waals surface area (Å²) in [4.78, 5) is 0. The Balaban J connectivity index is 2.12. The molecule has 0 spiro atoms. The van der Waals surface area contributed by atoms with Gasteiger partial charge in [-0.25, -0.2) is 0 Å². The predicted octanol–water partition coefficient (Wildman–Crippen LogP) is 2.16. The molecule has 1 rings (SSSR count). The average molecular weight is 160 g/mol. The van der Waals surface area contributed by atoms with Crippen molar-refractivity contribution in [1.82, 2.24) is 0 Å². The first-order valence-electron chi connectivity index (χ1n) is 3.82. The standard InChI is InChI=1S/C8H16OS/c1-7(2)10-6-8(3)4-9-5-8/h7H,4-6H2,1-3H3. The second kappa shape index (κ2) is 3.14. The van der Waals surface area contributed by atoms with E-state index in [1.807, 2.05) is 11.8 Å². The van der Waals surface area contributed by atoms with E-state index in [1.165, 1.54) is 5.75 Å². The maximum absolute atomic E-state index is 5.16. The SMILES string of the molecule is CC(C)SCC1(C)COC1. The summed E-state index contributed by atoms with van der Waals surface area (Å²) in [7, 11) is 0. The van der Waals surface area contributed by atoms with E-state index in [1.54, 1.807) is 0 Å². The maximum Gasteiger partial charge on any atom is 0.0550 e. The van der Waals surface area contributed by atoms with Gasteiger partial charge in [0.2, 0.25) is 0 Å². The molecule has 10 heavy (non-hydrogen) atoms. The third-order valence-corrected chi connectivity index (χ3v) is 3.20. The predicted molar refractivity (Wildman–Crippen MR) is 46.5 cm³/mol. The molecule has 0 N–H and O–H groups in total. The Hall–Kier alpha value is 0.310. The number of hydrogen-bond acceptors (Lipinski definition) is 2. The van der Waals surface area contributed by atoms with Crippen molar-refractivity contribution in [3.8, 4) is 0 Å². The van der Waals surface area contributed by atoms with E-state index in [4.69, 9.17) is 4.74 Å². The van der Waals surface area contributed by atoms with Crippen molar-refractivity contribution in [2.24, 2.45) is 5.41 Å². The third-order valence-electron chi connectivity index (χ3n) is 1.67. The smallest absolute Gasteiger partial charge is 0.0550 e. The van der Waals surface area contributed by atoms with Gasteiger partial charge < -0.3 is 4.74 Å². The zero-order chi connectivity index (χ0) is 7.61. The lowest BCUT2D eigenvalue weighted by molar-refractivity contribution is -0.0861. The molecule has 0 bridgehead atoms. The second-order valence-corrected chi connectivity index (χ2v) is 5.23. The molecule has 0 atom stereocenters. The molecule has 60 valence electrons. The minimum Gasteiger partial charge on any atom is -0.380 e. The highest BCUT2D eigenvalue weighted by Gasteiger charge is 2.33. The largest absolute Gasteiger partial charge is 0.380 e. The van der Waals surface area contributed by atoms with Crippen LogP contribution in [0.5, 0.6) is 0 Å². The molecule has 0 aromatic carbocycles. The lowest BCUT2D eigenvalue weighted by atomic mass is 9.92. The number of hydrogen-bond donors (Lipinski definition) is 0. The summed E-state index contributed by atoms with van der Waals surface area (Å²) >= 11 is 2.03. The lowest BCUT2D eigenvalue weighted by Gasteiger charge is -2.38. The fourth-order valence-corrected chi connectivity index (χ4v) is 1.80. The number of ether oxygens (including phenoxy) is 1. The highest BCUT2D eigenvalue weighted by Crippen LogP contribution is 2.31. The van der Waals surface area contributed by atoms with E-state index in [2.05, 4.69) is 20.8 Å². The molecule has 1 heterocycles. The topological polar surface area (TPSA) is 9.23 Å². The molecule has 1 aliphatic rings. The van der Waals surface area contributed by atoms with Crippen LogP contribution in [-0.2, 0) is 4.74 Å². The molecule has 0 amide bonds. The monoisotopic (exact) mass is 160 g/mol. The summed E-state index contributed by atoms with van der Waals surface area (Å²) in [5, 5.41) is 0.762. The summed E-state index contributed by atoms with van der Waals surface area (Å²) in [6, 6.07) is 0. The van der Waals surface area contributed by atoms with Crippen molar-refractivity contribution in [1.29, 1.82) is 0 Å². The molecule has 0 unspecified atom stereocenters. The van der Waals surface area contributed by atoms with Crippen molar-refractivity contribution in [2.45, 2.75) is 26.0 Å². The van der Waals surface area contributed by atoms with Crippen molar-refractivity contribution in [3.05, 3.63) is 0 Å². The minimum absolute atomic E-state index is 0.495. The first-order chi connectivity index (χ1) is 4.62. The van der Waals surface area contributed by atoms with Crippen LogP contribution in [0.2, 0.25) is 0 Å². The van der Waals surface area contributed by atoms with Gasteiger partial charge in [-0.2, -0.15) is 11.8 Å². The molecule has 0 aromatic heterocycles. The quantitative estimate of drug-likeness (QED) is 0.625. The number of thioether (sulfide) groups is 1. The molecule has 1 aliphatic heterocycles. The summed E-state index contributed by atoms with van der Waals surface area (Å²) < 4.78 is 5.16. The first-order valence-corrected chi connectivity index (χ1v) is 4.87. The van der Waals surface area contributed by atoms with Crippen LogP contribution < -0.4 is 0 Å². The Kier molecular flexibility index (Phi) is 2.64. The van der Waals surface area contributed by atoms with Gasteiger partial charge in [-0.3, -0.25) is 0 Å². The van der Waals surface area contributed by atoms with E-state index in [0.29, 0.717) is 5.41 Å². The van der Waals surface area contributed by atoms with Crippen molar-refractivity contribution in [2.75, 3.05) is 19.0 Å². The second-order valence-electron chi connectivity index (χ2n) is 3.66. The highest BCUT2D eigenvalue weighted by atomic mass is 32.2. The average Bonchev–Trinajstić information content (AvgIpc) is 1.79. The van der Waals surface area contributed by atoms with Crippen molar-refractivity contribution < 1.29 is 4.74 Å². The molecule has 1 nitrogen and oxygen atoms in total. The van der Waals surface area contributed by atoms with E-state index >= 15 is 0 Å². The zero-order valence-corrected chi connectivity index (χ0v) is 7.83. The van der Waals surface area contributed by atoms with Gasteiger partial charge in [0.1, 0.15) is 0 Å². The van der Waals surface area contributed by atoms with Gasteiger partial charge in [0.05, 0.1) is 13.2 Å².